The minimum Gasteiger partial charge on any atom is -0.376 e. The molecule has 6 nitrogen and oxygen atoms in total. The third-order valence-corrected chi connectivity index (χ3v) is 3.67. The van der Waals surface area contributed by atoms with Crippen LogP contribution in [-0.4, -0.2) is 61.1 Å². The van der Waals surface area contributed by atoms with Gasteiger partial charge in [0.2, 0.25) is 11.8 Å². The van der Waals surface area contributed by atoms with E-state index >= 15 is 0 Å². The van der Waals surface area contributed by atoms with Gasteiger partial charge in [-0.2, -0.15) is 0 Å². The third kappa shape index (κ3) is 4.18. The van der Waals surface area contributed by atoms with Crippen LogP contribution in [0.5, 0.6) is 0 Å². The van der Waals surface area contributed by atoms with Crippen molar-refractivity contribution < 1.29 is 14.3 Å². The van der Waals surface area contributed by atoms with Crippen molar-refractivity contribution in [3.63, 3.8) is 0 Å². The summed E-state index contributed by atoms with van der Waals surface area (Å²) in [5, 5.41) is 5.96. The van der Waals surface area contributed by atoms with E-state index in [-0.39, 0.29) is 30.4 Å². The molecule has 2 N–H and O–H groups in total. The normalized spacial score (nSPS) is 27.1. The summed E-state index contributed by atoms with van der Waals surface area (Å²) in [5.74, 6) is -0.0597. The summed E-state index contributed by atoms with van der Waals surface area (Å²) in [4.78, 5) is 26.0. The number of amides is 2. The highest BCUT2D eigenvalue weighted by Crippen LogP contribution is 2.15. The van der Waals surface area contributed by atoms with Gasteiger partial charge in [-0.3, -0.25) is 9.59 Å². The Morgan fingerprint density at radius 1 is 1.55 bits per heavy atom. The molecule has 20 heavy (non-hydrogen) atoms. The van der Waals surface area contributed by atoms with Crippen LogP contribution in [0.25, 0.3) is 0 Å². The quantitative estimate of drug-likeness (QED) is 0.738. The zero-order valence-corrected chi connectivity index (χ0v) is 12.4. The number of piperazine rings is 1. The van der Waals surface area contributed by atoms with Crippen LogP contribution in [0.2, 0.25) is 0 Å². The molecule has 2 unspecified atom stereocenters. The maximum Gasteiger partial charge on any atom is 0.240 e. The zero-order valence-electron chi connectivity index (χ0n) is 12.4. The molecule has 0 radical (unpaired) electrons. The van der Waals surface area contributed by atoms with Gasteiger partial charge in [0.25, 0.3) is 0 Å². The Hall–Kier alpha value is -1.14. The molecule has 0 aromatic heterocycles. The highest BCUT2D eigenvalue weighted by molar-refractivity contribution is 5.89. The van der Waals surface area contributed by atoms with Gasteiger partial charge in [-0.25, -0.2) is 0 Å². The highest BCUT2D eigenvalue weighted by Gasteiger charge is 2.32. The highest BCUT2D eigenvalue weighted by atomic mass is 16.5. The summed E-state index contributed by atoms with van der Waals surface area (Å²) < 4.78 is 5.58. The number of nitrogens with zero attached hydrogens (tertiary/aromatic N) is 1. The molecule has 0 spiro atoms. The average molecular weight is 283 g/mol. The molecule has 0 aromatic rings. The van der Waals surface area contributed by atoms with Gasteiger partial charge in [0, 0.05) is 32.3 Å². The number of nitrogens with one attached hydrogen (secondary N) is 2. The predicted molar refractivity (Wildman–Crippen MR) is 75.2 cm³/mol. The zero-order chi connectivity index (χ0) is 14.5. The molecule has 0 aromatic carbocycles. The lowest BCUT2D eigenvalue weighted by Gasteiger charge is -2.34. The van der Waals surface area contributed by atoms with Gasteiger partial charge in [-0.15, -0.1) is 0 Å². The fourth-order valence-electron chi connectivity index (χ4n) is 2.73. The molecule has 2 heterocycles. The molecular formula is C14H25N3O3. The van der Waals surface area contributed by atoms with Gasteiger partial charge in [0.1, 0.15) is 0 Å². The molecule has 6 heteroatoms. The Morgan fingerprint density at radius 3 is 3.00 bits per heavy atom. The number of hydrogen-bond acceptors (Lipinski definition) is 4. The Labute approximate surface area is 120 Å². The SMILES string of the molecule is CC(C)NC(=O)CC1NCCN(CC2CCCO2)C1=O. The second-order valence-electron chi connectivity index (χ2n) is 5.85. The van der Waals surface area contributed by atoms with Crippen molar-refractivity contribution in [2.75, 3.05) is 26.2 Å². The van der Waals surface area contributed by atoms with Gasteiger partial charge in [-0.05, 0) is 26.7 Å². The maximum absolute atomic E-state index is 12.4. The van der Waals surface area contributed by atoms with Crippen molar-refractivity contribution in [2.45, 2.75) is 51.3 Å². The second kappa shape index (κ2) is 7.04. The van der Waals surface area contributed by atoms with Gasteiger partial charge in [0.15, 0.2) is 0 Å². The molecule has 2 amide bonds. The van der Waals surface area contributed by atoms with Crippen molar-refractivity contribution in [1.29, 1.82) is 0 Å². The molecule has 2 aliphatic rings. The predicted octanol–water partition coefficient (Wildman–Crippen LogP) is -0.119. The Kier molecular flexibility index (Phi) is 5.37. The van der Waals surface area contributed by atoms with E-state index in [4.69, 9.17) is 4.74 Å². The Balaban J connectivity index is 1.84. The summed E-state index contributed by atoms with van der Waals surface area (Å²) in [7, 11) is 0. The Bertz CT molecular complexity index is 354. The van der Waals surface area contributed by atoms with Crippen molar-refractivity contribution >= 4 is 11.8 Å². The lowest BCUT2D eigenvalue weighted by Crippen LogP contribution is -2.57. The summed E-state index contributed by atoms with van der Waals surface area (Å²) in [5.41, 5.74) is 0. The average Bonchev–Trinajstić information content (AvgIpc) is 2.86. The first kappa shape index (κ1) is 15.3. The minimum absolute atomic E-state index is 0.0191. The van der Waals surface area contributed by atoms with Crippen LogP contribution in [0.4, 0.5) is 0 Å². The smallest absolute Gasteiger partial charge is 0.240 e. The van der Waals surface area contributed by atoms with Crippen molar-refractivity contribution in [3.8, 4) is 0 Å². The van der Waals surface area contributed by atoms with Crippen LogP contribution in [-0.2, 0) is 14.3 Å². The molecular weight excluding hydrogens is 258 g/mol. The minimum atomic E-state index is -0.399. The standard InChI is InChI=1S/C14H25N3O3/c1-10(2)16-13(18)8-12-14(19)17(6-5-15-12)9-11-4-3-7-20-11/h10-12,15H,3-9H2,1-2H3,(H,16,18). The molecule has 114 valence electrons. The van der Waals surface area contributed by atoms with Crippen LogP contribution >= 0.6 is 0 Å². The van der Waals surface area contributed by atoms with E-state index in [1.165, 1.54) is 0 Å². The first-order valence-electron chi connectivity index (χ1n) is 7.49. The van der Waals surface area contributed by atoms with Crippen LogP contribution in [0.3, 0.4) is 0 Å². The number of carbonyl (C=O) groups is 2. The first-order valence-corrected chi connectivity index (χ1v) is 7.49. The van der Waals surface area contributed by atoms with Gasteiger partial charge in [0.05, 0.1) is 18.6 Å². The number of ether oxygens (including phenoxy) is 1. The van der Waals surface area contributed by atoms with Gasteiger partial charge in [-0.1, -0.05) is 0 Å². The molecule has 2 fully saturated rings. The number of carbonyl (C=O) groups excluding carboxylic acids is 2. The van der Waals surface area contributed by atoms with Crippen LogP contribution < -0.4 is 10.6 Å². The van der Waals surface area contributed by atoms with E-state index < -0.39 is 6.04 Å². The van der Waals surface area contributed by atoms with Gasteiger partial charge < -0.3 is 20.3 Å². The molecule has 0 bridgehead atoms. The monoisotopic (exact) mass is 283 g/mol. The number of rotatable bonds is 5. The summed E-state index contributed by atoms with van der Waals surface area (Å²) in [6.45, 7) is 6.71. The maximum atomic E-state index is 12.4. The molecule has 2 rings (SSSR count). The topological polar surface area (TPSA) is 70.7 Å². The van der Waals surface area contributed by atoms with E-state index in [1.54, 1.807) is 0 Å². The lowest BCUT2D eigenvalue weighted by atomic mass is 10.1. The molecule has 2 atom stereocenters. The summed E-state index contributed by atoms with van der Waals surface area (Å²) in [6, 6.07) is -0.298. The third-order valence-electron chi connectivity index (χ3n) is 3.67. The van der Waals surface area contributed by atoms with Crippen LogP contribution in [0.1, 0.15) is 33.1 Å². The fraction of sp³-hybridized carbons (Fsp3) is 0.857. The van der Waals surface area contributed by atoms with Gasteiger partial charge >= 0.3 is 0 Å². The van der Waals surface area contributed by atoms with Crippen molar-refractivity contribution in [3.05, 3.63) is 0 Å². The molecule has 0 saturated carbocycles. The fourth-order valence-corrected chi connectivity index (χ4v) is 2.73. The Morgan fingerprint density at radius 2 is 2.35 bits per heavy atom. The first-order chi connectivity index (χ1) is 9.56. The summed E-state index contributed by atoms with van der Waals surface area (Å²) >= 11 is 0. The van der Waals surface area contributed by atoms with Crippen molar-refractivity contribution in [2.24, 2.45) is 0 Å². The lowest BCUT2D eigenvalue weighted by molar-refractivity contribution is -0.139. The van der Waals surface area contributed by atoms with E-state index in [0.717, 1.165) is 26.0 Å². The second-order valence-corrected chi connectivity index (χ2v) is 5.85. The van der Waals surface area contributed by atoms with Crippen LogP contribution in [0.15, 0.2) is 0 Å². The van der Waals surface area contributed by atoms with Crippen molar-refractivity contribution in [1.82, 2.24) is 15.5 Å². The molecule has 2 aliphatic heterocycles. The van der Waals surface area contributed by atoms with E-state index in [9.17, 15) is 9.59 Å². The molecule has 2 saturated heterocycles. The van der Waals surface area contributed by atoms with Crippen LogP contribution in [0, 0.1) is 0 Å². The number of hydrogen-bond donors (Lipinski definition) is 2. The summed E-state index contributed by atoms with van der Waals surface area (Å²) in [6.07, 6.45) is 2.47. The van der Waals surface area contributed by atoms with E-state index in [2.05, 4.69) is 10.6 Å². The molecule has 0 aliphatic carbocycles. The van der Waals surface area contributed by atoms with E-state index in [1.807, 2.05) is 18.7 Å². The largest absolute Gasteiger partial charge is 0.376 e. The van der Waals surface area contributed by atoms with E-state index in [0.29, 0.717) is 13.1 Å².